The second-order valence-corrected chi connectivity index (χ2v) is 5.03. The first kappa shape index (κ1) is 19.5. The average Bonchev–Trinajstić information content (AvgIpc) is 3.23. The van der Waals surface area contributed by atoms with Crippen molar-refractivity contribution < 1.29 is 31.7 Å². The molecule has 116 valence electrons. The summed E-state index contributed by atoms with van der Waals surface area (Å²) in [5.74, 6) is 0.0887. The van der Waals surface area contributed by atoms with Crippen LogP contribution in [0.2, 0.25) is 0 Å². The van der Waals surface area contributed by atoms with Crippen LogP contribution in [0.3, 0.4) is 0 Å². The third kappa shape index (κ3) is 5.56. The smallest absolute Gasteiger partial charge is 0.353 e. The summed E-state index contributed by atoms with van der Waals surface area (Å²) in [4.78, 5) is 15.5. The Balaban J connectivity index is 0.000000344. The van der Waals surface area contributed by atoms with Crippen molar-refractivity contribution in [3.05, 3.63) is 73.6 Å². The Kier molecular flexibility index (Phi) is 9.06. The molecule has 0 unspecified atom stereocenters. The molecule has 1 N–H and O–H groups in total. The second-order valence-electron chi connectivity index (χ2n) is 4.03. The van der Waals surface area contributed by atoms with E-state index in [0.717, 1.165) is 17.3 Å². The Morgan fingerprint density at radius 3 is 2.18 bits per heavy atom. The van der Waals surface area contributed by atoms with Gasteiger partial charge in [0.05, 0.1) is 6.61 Å². The van der Waals surface area contributed by atoms with E-state index in [9.17, 15) is 9.90 Å². The molecule has 0 spiro atoms. The number of rotatable bonds is 3. The molecule has 1 heterocycles. The minimum absolute atomic E-state index is 0. The minimum Gasteiger partial charge on any atom is -0.492 e. The van der Waals surface area contributed by atoms with Crippen molar-refractivity contribution in [3.63, 3.8) is 0 Å². The number of nitrogens with zero attached hydrogens (tertiary/aromatic N) is 1. The number of carbonyl (C=O) groups excluding carboxylic acids is 1. The molecule has 2 saturated carbocycles. The van der Waals surface area contributed by atoms with Crippen LogP contribution in [0.1, 0.15) is 21.6 Å². The first-order chi connectivity index (χ1) is 10.2. The maximum Gasteiger partial charge on any atom is 0.353 e. The zero-order chi connectivity index (χ0) is 15.1. The van der Waals surface area contributed by atoms with Gasteiger partial charge in [0.2, 0.25) is 5.88 Å². The molecular weight excluding hydrogens is 342 g/mol. The maximum absolute atomic E-state index is 11.4. The summed E-state index contributed by atoms with van der Waals surface area (Å²) in [6.45, 7) is 2.00. The fraction of sp³-hybridized carbons (Fsp3) is 0.125. The molecule has 0 bridgehead atoms. The van der Waals surface area contributed by atoms with Crippen molar-refractivity contribution in [2.75, 3.05) is 6.61 Å². The predicted molar refractivity (Wildman–Crippen MR) is 80.8 cm³/mol. The van der Waals surface area contributed by atoms with Gasteiger partial charge in [0.1, 0.15) is 5.01 Å². The molecule has 2 aliphatic rings. The standard InChI is InChI=1S/C11H10NO3S.C5H5.Fe/c1-2-15-11(14)8-9(13)12-10(16-8)7-5-3-4-6-7;1-2-4-5-3-1;/h3-6,13H,2H2,1H3;1-5H;. The Morgan fingerprint density at radius 2 is 1.68 bits per heavy atom. The van der Waals surface area contributed by atoms with Gasteiger partial charge in [-0.3, -0.25) is 0 Å². The Bertz CT molecular complexity index is 447. The molecule has 4 nitrogen and oxygen atoms in total. The van der Waals surface area contributed by atoms with E-state index in [-0.39, 0.29) is 34.4 Å². The van der Waals surface area contributed by atoms with Crippen LogP contribution >= 0.6 is 11.3 Å². The van der Waals surface area contributed by atoms with Gasteiger partial charge in [-0.1, -0.05) is 0 Å². The van der Waals surface area contributed by atoms with Gasteiger partial charge >= 0.3 is 5.97 Å². The van der Waals surface area contributed by atoms with Gasteiger partial charge in [-0.15, -0.1) is 11.3 Å². The summed E-state index contributed by atoms with van der Waals surface area (Å²) in [6, 6.07) is 0. The molecule has 0 saturated heterocycles. The molecule has 1 aromatic rings. The predicted octanol–water partition coefficient (Wildman–Crippen LogP) is 2.80. The van der Waals surface area contributed by atoms with Gasteiger partial charge in [-0.05, 0) is 64.7 Å². The molecule has 22 heavy (non-hydrogen) atoms. The SMILES string of the molecule is CCOC(=O)c1sc([C]2[CH][CH][CH][CH]2)nc1O.[CH]1[CH][CH][CH][CH]1.[Fe]. The summed E-state index contributed by atoms with van der Waals surface area (Å²) >= 11 is 1.13. The Morgan fingerprint density at radius 1 is 1.14 bits per heavy atom. The number of carbonyl (C=O) groups is 1. The number of hydrogen-bond donors (Lipinski definition) is 1. The Hall–Kier alpha value is -0.581. The van der Waals surface area contributed by atoms with E-state index in [4.69, 9.17) is 4.74 Å². The quantitative estimate of drug-likeness (QED) is 0.668. The van der Waals surface area contributed by atoms with Gasteiger partial charge in [0, 0.05) is 23.0 Å². The van der Waals surface area contributed by atoms with Crippen LogP contribution in [0.25, 0.3) is 0 Å². The van der Waals surface area contributed by atoms with E-state index in [1.54, 1.807) is 6.92 Å². The molecule has 2 fully saturated rings. The van der Waals surface area contributed by atoms with Crippen LogP contribution in [0.15, 0.2) is 0 Å². The summed E-state index contributed by atoms with van der Waals surface area (Å²) in [6.07, 6.45) is 17.5. The van der Waals surface area contributed by atoms with Gasteiger partial charge in [0.25, 0.3) is 0 Å². The fourth-order valence-corrected chi connectivity index (χ4v) is 2.46. The zero-order valence-electron chi connectivity index (χ0n) is 11.9. The van der Waals surface area contributed by atoms with Crippen molar-refractivity contribution in [2.45, 2.75) is 6.92 Å². The van der Waals surface area contributed by atoms with Crippen molar-refractivity contribution in [1.82, 2.24) is 4.98 Å². The molecule has 0 aliphatic heterocycles. The summed E-state index contributed by atoms with van der Waals surface area (Å²) in [5, 5.41) is 10.1. The molecule has 3 rings (SSSR count). The van der Waals surface area contributed by atoms with Gasteiger partial charge in [-0.25, -0.2) is 9.78 Å². The third-order valence-corrected chi connectivity index (χ3v) is 3.61. The molecule has 1 aromatic heterocycles. The Labute approximate surface area is 147 Å². The molecule has 10 radical (unpaired) electrons. The normalized spacial score (nSPS) is 17.5. The summed E-state index contributed by atoms with van der Waals surface area (Å²) in [5.41, 5.74) is 0. The first-order valence-electron chi connectivity index (χ1n) is 6.48. The van der Waals surface area contributed by atoms with Crippen LogP contribution in [0.5, 0.6) is 5.88 Å². The fourth-order valence-electron chi connectivity index (χ4n) is 1.60. The zero-order valence-corrected chi connectivity index (χ0v) is 13.8. The topological polar surface area (TPSA) is 59.4 Å². The van der Waals surface area contributed by atoms with Gasteiger partial charge in [0.15, 0.2) is 4.88 Å². The van der Waals surface area contributed by atoms with Crippen molar-refractivity contribution in [1.29, 1.82) is 0 Å². The van der Waals surface area contributed by atoms with E-state index in [2.05, 4.69) is 4.98 Å². The molecule has 0 atom stereocenters. The number of aromatic hydroxyl groups is 1. The second kappa shape index (κ2) is 10.2. The maximum atomic E-state index is 11.4. The van der Waals surface area contributed by atoms with Crippen LogP contribution in [0, 0.1) is 63.7 Å². The number of ether oxygens (including phenoxy) is 1. The molecule has 6 heteroatoms. The first-order valence-corrected chi connectivity index (χ1v) is 7.29. The average molecular weight is 357 g/mol. The number of esters is 1. The van der Waals surface area contributed by atoms with Gasteiger partial charge in [-0.2, -0.15) is 0 Å². The van der Waals surface area contributed by atoms with Crippen molar-refractivity contribution in [3.8, 4) is 5.88 Å². The minimum atomic E-state index is -0.532. The number of aromatic nitrogens is 1. The van der Waals surface area contributed by atoms with Gasteiger partial charge < -0.3 is 9.84 Å². The molecule has 0 aromatic carbocycles. The monoisotopic (exact) mass is 357 g/mol. The third-order valence-electron chi connectivity index (χ3n) is 2.54. The van der Waals surface area contributed by atoms with E-state index < -0.39 is 5.97 Å². The van der Waals surface area contributed by atoms with E-state index in [1.807, 2.05) is 57.8 Å². The number of thiazole rings is 1. The molecular formula is C16H15FeNO3S. The molecule has 0 amide bonds. The van der Waals surface area contributed by atoms with Crippen LogP contribution in [-0.4, -0.2) is 22.7 Å². The van der Waals surface area contributed by atoms with Crippen LogP contribution < -0.4 is 0 Å². The summed E-state index contributed by atoms with van der Waals surface area (Å²) in [7, 11) is 0. The summed E-state index contributed by atoms with van der Waals surface area (Å²) < 4.78 is 4.81. The number of hydrogen-bond acceptors (Lipinski definition) is 5. The van der Waals surface area contributed by atoms with Crippen LogP contribution in [-0.2, 0) is 21.8 Å². The van der Waals surface area contributed by atoms with Crippen molar-refractivity contribution in [2.24, 2.45) is 0 Å². The van der Waals surface area contributed by atoms with E-state index in [0.29, 0.717) is 5.01 Å². The van der Waals surface area contributed by atoms with Crippen molar-refractivity contribution >= 4 is 17.3 Å². The molecule has 2 aliphatic carbocycles. The van der Waals surface area contributed by atoms with E-state index >= 15 is 0 Å². The van der Waals surface area contributed by atoms with Crippen LogP contribution in [0.4, 0.5) is 0 Å². The largest absolute Gasteiger partial charge is 0.492 e. The van der Waals surface area contributed by atoms with E-state index in [1.165, 1.54) is 0 Å².